The molecule has 1 atom stereocenters. The summed E-state index contributed by atoms with van der Waals surface area (Å²) in [5, 5.41) is 0. The molecule has 0 aliphatic rings. The average Bonchev–Trinajstić information content (AvgIpc) is 2.05. The van der Waals surface area contributed by atoms with Crippen LogP contribution in [-0.4, -0.2) is 0 Å². The number of nitrogens with zero attached hydrogens (tertiary/aromatic N) is 1. The van der Waals surface area contributed by atoms with Crippen molar-refractivity contribution < 1.29 is 4.57 Å². The third-order valence-corrected chi connectivity index (χ3v) is 1.84. The van der Waals surface area contributed by atoms with E-state index in [2.05, 4.69) is 42.9 Å². The van der Waals surface area contributed by atoms with E-state index in [-0.39, 0.29) is 0 Å². The molecule has 0 bridgehead atoms. The van der Waals surface area contributed by atoms with Gasteiger partial charge >= 0.3 is 0 Å². The van der Waals surface area contributed by atoms with Gasteiger partial charge < -0.3 is 0 Å². The smallest absolute Gasteiger partial charge is 0.169 e. The largest absolute Gasteiger partial charge is 0.203 e. The zero-order valence-electron chi connectivity index (χ0n) is 6.62. The van der Waals surface area contributed by atoms with Gasteiger partial charge in [-0.1, -0.05) is 13.0 Å². The van der Waals surface area contributed by atoms with Crippen molar-refractivity contribution in [3.63, 3.8) is 0 Å². The highest BCUT2D eigenvalue weighted by atomic mass is 15.0. The summed E-state index contributed by atoms with van der Waals surface area (Å²) in [6, 6.07) is 6.79. The Morgan fingerprint density at radius 3 is 2.30 bits per heavy atom. The van der Waals surface area contributed by atoms with Crippen molar-refractivity contribution in [3.05, 3.63) is 30.6 Å². The molecule has 0 saturated heterocycles. The number of aromatic nitrogens is 1. The van der Waals surface area contributed by atoms with E-state index in [9.17, 15) is 0 Å². The topological polar surface area (TPSA) is 3.88 Å². The van der Waals surface area contributed by atoms with Crippen molar-refractivity contribution in [1.29, 1.82) is 0 Å². The molecule has 1 nitrogen and oxygen atoms in total. The minimum absolute atomic E-state index is 0.626. The van der Waals surface area contributed by atoms with Crippen LogP contribution in [-0.2, 0) is 0 Å². The average molecular weight is 136 g/mol. The van der Waals surface area contributed by atoms with Crippen LogP contribution < -0.4 is 4.57 Å². The predicted molar refractivity (Wildman–Crippen MR) is 41.6 cm³/mol. The van der Waals surface area contributed by atoms with Crippen molar-refractivity contribution in [2.45, 2.75) is 26.3 Å². The third kappa shape index (κ3) is 1.56. The SMILES string of the molecule is CCC(C)[n+]1ccccc1. The van der Waals surface area contributed by atoms with Gasteiger partial charge in [0, 0.05) is 18.6 Å². The Hall–Kier alpha value is -0.850. The van der Waals surface area contributed by atoms with Crippen LogP contribution in [0.15, 0.2) is 30.6 Å². The Balaban J connectivity index is 2.75. The molecule has 54 valence electrons. The molecular weight excluding hydrogens is 122 g/mol. The molecule has 0 aliphatic carbocycles. The van der Waals surface area contributed by atoms with Gasteiger partial charge in [0.15, 0.2) is 18.4 Å². The van der Waals surface area contributed by atoms with E-state index in [0.29, 0.717) is 6.04 Å². The summed E-state index contributed by atoms with van der Waals surface area (Å²) in [7, 11) is 0. The lowest BCUT2D eigenvalue weighted by atomic mass is 10.2. The summed E-state index contributed by atoms with van der Waals surface area (Å²) in [4.78, 5) is 0. The maximum Gasteiger partial charge on any atom is 0.169 e. The van der Waals surface area contributed by atoms with E-state index in [1.165, 1.54) is 6.42 Å². The highest BCUT2D eigenvalue weighted by molar-refractivity contribution is 4.83. The van der Waals surface area contributed by atoms with E-state index in [4.69, 9.17) is 0 Å². The van der Waals surface area contributed by atoms with Crippen molar-refractivity contribution in [1.82, 2.24) is 0 Å². The van der Waals surface area contributed by atoms with Crippen molar-refractivity contribution in [2.75, 3.05) is 0 Å². The Bertz CT molecular complexity index is 181. The minimum atomic E-state index is 0.626. The van der Waals surface area contributed by atoms with Crippen LogP contribution >= 0.6 is 0 Å². The van der Waals surface area contributed by atoms with Gasteiger partial charge in [-0.15, -0.1) is 0 Å². The standard InChI is InChI=1S/C9H14N/c1-3-9(2)10-7-5-4-6-8-10/h4-9H,3H2,1-2H3/q+1. The van der Waals surface area contributed by atoms with Gasteiger partial charge in [0.2, 0.25) is 0 Å². The Labute approximate surface area is 62.3 Å². The van der Waals surface area contributed by atoms with Crippen LogP contribution in [0.25, 0.3) is 0 Å². The minimum Gasteiger partial charge on any atom is -0.203 e. The molecule has 0 spiro atoms. The zero-order valence-corrected chi connectivity index (χ0v) is 6.62. The van der Waals surface area contributed by atoms with Crippen molar-refractivity contribution >= 4 is 0 Å². The summed E-state index contributed by atoms with van der Waals surface area (Å²) in [5.41, 5.74) is 0. The second-order valence-corrected chi connectivity index (χ2v) is 2.58. The number of hydrogen-bond acceptors (Lipinski definition) is 0. The molecule has 0 aliphatic heterocycles. The van der Waals surface area contributed by atoms with E-state index in [1.807, 2.05) is 6.07 Å². The fourth-order valence-electron chi connectivity index (χ4n) is 0.917. The van der Waals surface area contributed by atoms with Crippen LogP contribution in [0.1, 0.15) is 26.3 Å². The second-order valence-electron chi connectivity index (χ2n) is 2.58. The molecule has 0 fully saturated rings. The molecule has 1 rings (SSSR count). The molecule has 0 N–H and O–H groups in total. The lowest BCUT2D eigenvalue weighted by molar-refractivity contribution is -0.720. The van der Waals surface area contributed by atoms with Crippen molar-refractivity contribution in [2.24, 2.45) is 0 Å². The van der Waals surface area contributed by atoms with Gasteiger partial charge in [-0.05, 0) is 6.92 Å². The number of rotatable bonds is 2. The summed E-state index contributed by atoms with van der Waals surface area (Å²) in [6.07, 6.45) is 5.40. The third-order valence-electron chi connectivity index (χ3n) is 1.84. The van der Waals surface area contributed by atoms with Gasteiger partial charge in [0.05, 0.1) is 0 Å². The highest BCUT2D eigenvalue weighted by Crippen LogP contribution is 1.97. The van der Waals surface area contributed by atoms with Gasteiger partial charge in [-0.25, -0.2) is 4.57 Å². The molecule has 1 unspecified atom stereocenters. The van der Waals surface area contributed by atoms with Crippen LogP contribution in [0, 0.1) is 0 Å². The highest BCUT2D eigenvalue weighted by Gasteiger charge is 2.05. The molecule has 0 saturated carbocycles. The quantitative estimate of drug-likeness (QED) is 0.547. The summed E-state index contributed by atoms with van der Waals surface area (Å²) in [5.74, 6) is 0. The molecule has 1 aromatic heterocycles. The van der Waals surface area contributed by atoms with Gasteiger partial charge in [0.25, 0.3) is 0 Å². The lowest BCUT2D eigenvalue weighted by Crippen LogP contribution is -2.36. The van der Waals surface area contributed by atoms with Crippen LogP contribution in [0.4, 0.5) is 0 Å². The molecule has 0 radical (unpaired) electrons. The lowest BCUT2D eigenvalue weighted by Gasteiger charge is -2.00. The zero-order chi connectivity index (χ0) is 7.40. The summed E-state index contributed by atoms with van der Waals surface area (Å²) < 4.78 is 2.22. The Morgan fingerprint density at radius 1 is 1.20 bits per heavy atom. The van der Waals surface area contributed by atoms with E-state index in [0.717, 1.165) is 0 Å². The van der Waals surface area contributed by atoms with Crippen LogP contribution in [0.3, 0.4) is 0 Å². The van der Waals surface area contributed by atoms with E-state index >= 15 is 0 Å². The van der Waals surface area contributed by atoms with Crippen LogP contribution in [0.2, 0.25) is 0 Å². The fourth-order valence-corrected chi connectivity index (χ4v) is 0.917. The number of pyridine rings is 1. The first-order valence-electron chi connectivity index (χ1n) is 3.80. The first-order chi connectivity index (χ1) is 4.84. The predicted octanol–water partition coefficient (Wildman–Crippen LogP) is 1.95. The summed E-state index contributed by atoms with van der Waals surface area (Å²) >= 11 is 0. The molecule has 1 heterocycles. The maximum absolute atomic E-state index is 2.22. The fraction of sp³-hybridized carbons (Fsp3) is 0.444. The first kappa shape index (κ1) is 7.26. The van der Waals surface area contributed by atoms with Gasteiger partial charge in [-0.2, -0.15) is 0 Å². The van der Waals surface area contributed by atoms with E-state index in [1.54, 1.807) is 0 Å². The molecule has 0 aromatic carbocycles. The van der Waals surface area contributed by atoms with Crippen molar-refractivity contribution in [3.8, 4) is 0 Å². The van der Waals surface area contributed by atoms with E-state index < -0.39 is 0 Å². The molecule has 0 amide bonds. The second kappa shape index (κ2) is 3.35. The Kier molecular flexibility index (Phi) is 2.43. The van der Waals surface area contributed by atoms with Crippen LogP contribution in [0.5, 0.6) is 0 Å². The molecular formula is C9H14N+. The number of hydrogen-bond donors (Lipinski definition) is 0. The van der Waals surface area contributed by atoms with Gasteiger partial charge in [-0.3, -0.25) is 0 Å². The molecule has 10 heavy (non-hydrogen) atoms. The Morgan fingerprint density at radius 2 is 1.80 bits per heavy atom. The molecule has 1 aromatic rings. The first-order valence-corrected chi connectivity index (χ1v) is 3.80. The maximum atomic E-state index is 2.22. The van der Waals surface area contributed by atoms with Gasteiger partial charge in [0.1, 0.15) is 0 Å². The molecule has 1 heteroatoms. The monoisotopic (exact) mass is 136 g/mol. The summed E-state index contributed by atoms with van der Waals surface area (Å²) in [6.45, 7) is 4.42. The normalized spacial score (nSPS) is 13.0.